The number of nitrogens with zero attached hydrogens (tertiary/aromatic N) is 2. The molecule has 3 aromatic rings. The summed E-state index contributed by atoms with van der Waals surface area (Å²) >= 11 is 5.21. The number of halogens is 1. The molecule has 6 heteroatoms. The van der Waals surface area contributed by atoms with Crippen molar-refractivity contribution in [2.24, 2.45) is 0 Å². The van der Waals surface area contributed by atoms with Crippen LogP contribution in [0.5, 0.6) is 0 Å². The van der Waals surface area contributed by atoms with Crippen LogP contribution >= 0.6 is 27.3 Å². The lowest BCUT2D eigenvalue weighted by molar-refractivity contribution is 0.335. The molecule has 2 heterocycles. The van der Waals surface area contributed by atoms with Crippen LogP contribution in [-0.2, 0) is 12.1 Å². The number of thiazole rings is 1. The van der Waals surface area contributed by atoms with Crippen LogP contribution < -0.4 is 5.32 Å². The fourth-order valence-electron chi connectivity index (χ4n) is 3.39. The minimum atomic E-state index is -0.00431. The van der Waals surface area contributed by atoms with Gasteiger partial charge < -0.3 is 4.42 Å². The Morgan fingerprint density at radius 1 is 1.20 bits per heavy atom. The van der Waals surface area contributed by atoms with Crippen molar-refractivity contribution in [3.8, 4) is 11.5 Å². The average Bonchev–Trinajstić information content (AvgIpc) is 3.34. The molecule has 1 aliphatic carbocycles. The lowest BCUT2D eigenvalue weighted by Crippen LogP contribution is -2.39. The minimum Gasteiger partial charge on any atom is -0.444 e. The molecule has 0 radical (unpaired) electrons. The summed E-state index contributed by atoms with van der Waals surface area (Å²) in [7, 11) is 0. The summed E-state index contributed by atoms with van der Waals surface area (Å²) in [5.41, 5.74) is 3.01. The van der Waals surface area contributed by atoms with Gasteiger partial charge in [0.15, 0.2) is 0 Å². The summed E-state index contributed by atoms with van der Waals surface area (Å²) in [4.78, 5) is 9.39. The van der Waals surface area contributed by atoms with E-state index in [0.717, 1.165) is 34.3 Å². The first-order valence-corrected chi connectivity index (χ1v) is 10.2. The monoisotopic (exact) mass is 417 g/mol. The SMILES string of the molecule is Cc1csc(C2(NCc3coc(-c4ccc(Br)cc4)n3)CCCC2)n1. The second-order valence-electron chi connectivity index (χ2n) is 6.59. The third-order valence-corrected chi connectivity index (χ3v) is 6.43. The van der Waals surface area contributed by atoms with Crippen LogP contribution in [0.2, 0.25) is 0 Å². The summed E-state index contributed by atoms with van der Waals surface area (Å²) in [6, 6.07) is 8.00. The van der Waals surface area contributed by atoms with Crippen molar-refractivity contribution < 1.29 is 4.42 Å². The Labute approximate surface area is 159 Å². The second kappa shape index (κ2) is 7.02. The third-order valence-electron chi connectivity index (χ3n) is 4.74. The minimum absolute atomic E-state index is 0.00431. The van der Waals surface area contributed by atoms with Crippen LogP contribution in [0.15, 0.2) is 44.8 Å². The molecule has 1 fully saturated rings. The number of aryl methyl sites for hydroxylation is 1. The maximum absolute atomic E-state index is 5.67. The predicted molar refractivity (Wildman–Crippen MR) is 103 cm³/mol. The Bertz CT molecular complexity index is 850. The van der Waals surface area contributed by atoms with E-state index in [0.29, 0.717) is 12.4 Å². The van der Waals surface area contributed by atoms with Gasteiger partial charge >= 0.3 is 0 Å². The van der Waals surface area contributed by atoms with Gasteiger partial charge in [0.2, 0.25) is 5.89 Å². The first-order valence-electron chi connectivity index (χ1n) is 8.53. The van der Waals surface area contributed by atoms with Gasteiger partial charge in [-0.15, -0.1) is 11.3 Å². The predicted octanol–water partition coefficient (Wildman–Crippen LogP) is 5.43. The Morgan fingerprint density at radius 3 is 2.64 bits per heavy atom. The highest BCUT2D eigenvalue weighted by molar-refractivity contribution is 9.10. The van der Waals surface area contributed by atoms with E-state index < -0.39 is 0 Å². The molecule has 0 atom stereocenters. The number of benzene rings is 1. The summed E-state index contributed by atoms with van der Waals surface area (Å²) in [5.74, 6) is 0.662. The van der Waals surface area contributed by atoms with Crippen molar-refractivity contribution in [3.05, 3.63) is 56.8 Å². The highest BCUT2D eigenvalue weighted by Crippen LogP contribution is 2.40. The molecule has 0 unspecified atom stereocenters. The number of rotatable bonds is 5. The first-order chi connectivity index (χ1) is 12.1. The first kappa shape index (κ1) is 16.9. The molecule has 2 aromatic heterocycles. The van der Waals surface area contributed by atoms with Gasteiger partial charge in [-0.3, -0.25) is 5.32 Å². The second-order valence-corrected chi connectivity index (χ2v) is 8.36. The van der Waals surface area contributed by atoms with Gasteiger partial charge in [-0.1, -0.05) is 28.8 Å². The maximum Gasteiger partial charge on any atom is 0.226 e. The van der Waals surface area contributed by atoms with Crippen LogP contribution in [0.1, 0.15) is 42.1 Å². The Hall–Kier alpha value is -1.50. The number of hydrogen-bond acceptors (Lipinski definition) is 5. The van der Waals surface area contributed by atoms with E-state index in [2.05, 4.69) is 38.5 Å². The van der Waals surface area contributed by atoms with Gasteiger partial charge in [0.1, 0.15) is 11.3 Å². The van der Waals surface area contributed by atoms with Gasteiger partial charge in [0.05, 0.1) is 11.2 Å². The Morgan fingerprint density at radius 2 is 1.96 bits per heavy atom. The molecule has 25 heavy (non-hydrogen) atoms. The highest BCUT2D eigenvalue weighted by Gasteiger charge is 2.37. The van der Waals surface area contributed by atoms with Crippen LogP contribution in [0.25, 0.3) is 11.5 Å². The van der Waals surface area contributed by atoms with E-state index in [1.165, 1.54) is 17.8 Å². The molecule has 1 saturated carbocycles. The van der Waals surface area contributed by atoms with Crippen LogP contribution in [-0.4, -0.2) is 9.97 Å². The molecular formula is C19H20BrN3OS. The standard InChI is InChI=1S/C19H20BrN3OS/c1-13-12-25-18(22-13)19(8-2-3-9-19)21-10-16-11-24-17(23-16)14-4-6-15(20)7-5-14/h4-7,11-12,21H,2-3,8-10H2,1H3. The fraction of sp³-hybridized carbons (Fsp3) is 0.368. The molecule has 1 aliphatic rings. The average molecular weight is 418 g/mol. The zero-order valence-corrected chi connectivity index (χ0v) is 16.5. The van der Waals surface area contributed by atoms with Crippen LogP contribution in [0.3, 0.4) is 0 Å². The van der Waals surface area contributed by atoms with Gasteiger partial charge in [-0.25, -0.2) is 9.97 Å². The molecule has 4 rings (SSSR count). The van der Waals surface area contributed by atoms with Gasteiger partial charge in [0, 0.05) is 27.7 Å². The number of aromatic nitrogens is 2. The quantitative estimate of drug-likeness (QED) is 0.601. The molecule has 1 N–H and O–H groups in total. The third kappa shape index (κ3) is 3.57. The fourth-order valence-corrected chi connectivity index (χ4v) is 4.69. The summed E-state index contributed by atoms with van der Waals surface area (Å²) < 4.78 is 6.72. The molecule has 4 nitrogen and oxygen atoms in total. The molecule has 0 bridgehead atoms. The molecule has 0 spiro atoms. The van der Waals surface area contributed by atoms with Crippen LogP contribution in [0, 0.1) is 6.92 Å². The Balaban J connectivity index is 1.49. The van der Waals surface area contributed by atoms with Crippen molar-refractivity contribution in [2.45, 2.75) is 44.7 Å². The molecule has 1 aromatic carbocycles. The van der Waals surface area contributed by atoms with Crippen molar-refractivity contribution in [1.82, 2.24) is 15.3 Å². The largest absolute Gasteiger partial charge is 0.444 e. The number of hydrogen-bond donors (Lipinski definition) is 1. The summed E-state index contributed by atoms with van der Waals surface area (Å²) in [6.07, 6.45) is 6.51. The van der Waals surface area contributed by atoms with Gasteiger partial charge in [-0.2, -0.15) is 0 Å². The zero-order chi connectivity index (χ0) is 17.3. The lowest BCUT2D eigenvalue weighted by atomic mass is 9.98. The Kier molecular flexibility index (Phi) is 4.75. The highest BCUT2D eigenvalue weighted by atomic mass is 79.9. The van der Waals surface area contributed by atoms with Gasteiger partial charge in [0.25, 0.3) is 0 Å². The summed E-state index contributed by atoms with van der Waals surface area (Å²) in [5, 5.41) is 7.08. The number of oxazole rings is 1. The molecule has 0 saturated heterocycles. The molecular weight excluding hydrogens is 398 g/mol. The van der Waals surface area contributed by atoms with Crippen molar-refractivity contribution in [1.29, 1.82) is 0 Å². The number of nitrogens with one attached hydrogen (secondary N) is 1. The van der Waals surface area contributed by atoms with E-state index in [9.17, 15) is 0 Å². The molecule has 130 valence electrons. The molecule has 0 amide bonds. The smallest absolute Gasteiger partial charge is 0.226 e. The van der Waals surface area contributed by atoms with Crippen LogP contribution in [0.4, 0.5) is 0 Å². The van der Waals surface area contributed by atoms with E-state index in [1.807, 2.05) is 24.3 Å². The summed E-state index contributed by atoms with van der Waals surface area (Å²) in [6.45, 7) is 2.75. The van der Waals surface area contributed by atoms with Crippen molar-refractivity contribution >= 4 is 27.3 Å². The molecule has 0 aliphatic heterocycles. The lowest BCUT2D eigenvalue weighted by Gasteiger charge is -2.27. The normalized spacial score (nSPS) is 16.4. The van der Waals surface area contributed by atoms with E-state index >= 15 is 0 Å². The maximum atomic E-state index is 5.67. The topological polar surface area (TPSA) is 51.0 Å². The van der Waals surface area contributed by atoms with E-state index in [-0.39, 0.29) is 5.54 Å². The zero-order valence-electron chi connectivity index (χ0n) is 14.1. The van der Waals surface area contributed by atoms with Crippen molar-refractivity contribution in [2.75, 3.05) is 0 Å². The van der Waals surface area contributed by atoms with Crippen molar-refractivity contribution in [3.63, 3.8) is 0 Å². The van der Waals surface area contributed by atoms with E-state index in [1.54, 1.807) is 17.6 Å². The van der Waals surface area contributed by atoms with E-state index in [4.69, 9.17) is 9.40 Å². The van der Waals surface area contributed by atoms with Gasteiger partial charge in [-0.05, 0) is 44.0 Å².